The van der Waals surface area contributed by atoms with Gasteiger partial charge >= 0.3 is 6.03 Å². The predicted octanol–water partition coefficient (Wildman–Crippen LogP) is 3.23. The third-order valence-electron chi connectivity index (χ3n) is 3.59. The number of nitrogens with zero attached hydrogens (tertiary/aromatic N) is 4. The Hall–Kier alpha value is -2.06. The first kappa shape index (κ1) is 16.8. The van der Waals surface area contributed by atoms with Gasteiger partial charge in [0.1, 0.15) is 11.0 Å². The van der Waals surface area contributed by atoms with E-state index in [4.69, 9.17) is 0 Å². The highest BCUT2D eigenvalue weighted by Gasteiger charge is 2.09. The molecule has 0 atom stereocenters. The van der Waals surface area contributed by atoms with Gasteiger partial charge in [-0.15, -0.1) is 11.3 Å². The van der Waals surface area contributed by atoms with E-state index in [9.17, 15) is 4.79 Å². The Kier molecular flexibility index (Phi) is 5.37. The van der Waals surface area contributed by atoms with Gasteiger partial charge in [0, 0.05) is 37.6 Å². The lowest BCUT2D eigenvalue weighted by molar-refractivity contribution is 0.207. The largest absolute Gasteiger partial charge is 0.338 e. The van der Waals surface area contributed by atoms with Crippen LogP contribution in [0.5, 0.6) is 0 Å². The van der Waals surface area contributed by atoms with Crippen LogP contribution < -0.4 is 5.32 Å². The fraction of sp³-hybridized carbons (Fsp3) is 0.375. The number of carbonyl (C=O) groups is 1. The Morgan fingerprint density at radius 2 is 2.12 bits per heavy atom. The van der Waals surface area contributed by atoms with Crippen molar-refractivity contribution in [3.8, 4) is 0 Å². The summed E-state index contributed by atoms with van der Waals surface area (Å²) >= 11 is 2.88. The van der Waals surface area contributed by atoms with Crippen molar-refractivity contribution < 1.29 is 4.79 Å². The smallest absolute Gasteiger partial charge is 0.317 e. The monoisotopic (exact) mass is 361 g/mol. The second-order valence-electron chi connectivity index (χ2n) is 5.66. The van der Waals surface area contributed by atoms with Crippen molar-refractivity contribution in [2.24, 2.45) is 0 Å². The van der Waals surface area contributed by atoms with E-state index in [1.165, 1.54) is 11.7 Å². The van der Waals surface area contributed by atoms with E-state index in [2.05, 4.69) is 24.4 Å². The van der Waals surface area contributed by atoms with Crippen LogP contribution in [-0.4, -0.2) is 38.3 Å². The first-order chi connectivity index (χ1) is 11.6. The Labute approximate surface area is 148 Å². The van der Waals surface area contributed by atoms with E-state index < -0.39 is 0 Å². The first-order valence-electron chi connectivity index (χ1n) is 7.73. The first-order valence-corrected chi connectivity index (χ1v) is 9.34. The van der Waals surface area contributed by atoms with Gasteiger partial charge in [-0.2, -0.15) is 8.75 Å². The number of nitrogens with one attached hydrogen (secondary N) is 1. The molecule has 3 aromatic rings. The molecule has 0 saturated heterocycles. The van der Waals surface area contributed by atoms with E-state index in [1.807, 2.05) is 25.1 Å². The number of rotatable bonds is 6. The molecule has 0 aliphatic heterocycles. The van der Waals surface area contributed by atoms with Crippen molar-refractivity contribution >= 4 is 40.1 Å². The summed E-state index contributed by atoms with van der Waals surface area (Å²) in [4.78, 5) is 18.3. The molecule has 0 aliphatic carbocycles. The number of carbonyl (C=O) groups excluding carboxylic acids is 1. The molecule has 24 heavy (non-hydrogen) atoms. The van der Waals surface area contributed by atoms with Crippen LogP contribution in [0.3, 0.4) is 0 Å². The summed E-state index contributed by atoms with van der Waals surface area (Å²) in [5.41, 5.74) is 3.88. The Bertz CT molecular complexity index is 829. The fourth-order valence-corrected chi connectivity index (χ4v) is 3.69. The van der Waals surface area contributed by atoms with E-state index >= 15 is 0 Å². The lowest BCUT2D eigenvalue weighted by atomic mass is 10.2. The summed E-state index contributed by atoms with van der Waals surface area (Å²) in [5, 5.41) is 6.13. The van der Waals surface area contributed by atoms with E-state index in [1.54, 1.807) is 23.3 Å². The van der Waals surface area contributed by atoms with Crippen LogP contribution in [0.4, 0.5) is 4.79 Å². The maximum atomic E-state index is 12.2. The zero-order valence-electron chi connectivity index (χ0n) is 13.7. The third kappa shape index (κ3) is 4.27. The minimum atomic E-state index is -0.0678. The number of benzene rings is 1. The van der Waals surface area contributed by atoms with Crippen molar-refractivity contribution in [2.45, 2.75) is 26.3 Å². The molecule has 2 aromatic heterocycles. The molecule has 3 rings (SSSR count). The maximum Gasteiger partial charge on any atom is 0.317 e. The van der Waals surface area contributed by atoms with Crippen molar-refractivity contribution in [3.63, 3.8) is 0 Å². The summed E-state index contributed by atoms with van der Waals surface area (Å²) in [6.45, 7) is 3.19. The van der Waals surface area contributed by atoms with Gasteiger partial charge in [-0.1, -0.05) is 6.07 Å². The summed E-state index contributed by atoms with van der Waals surface area (Å²) < 4.78 is 8.41. The highest BCUT2D eigenvalue weighted by molar-refractivity contribution is 7.09. The Balaban J connectivity index is 1.44. The van der Waals surface area contributed by atoms with Gasteiger partial charge < -0.3 is 10.2 Å². The van der Waals surface area contributed by atoms with Crippen molar-refractivity contribution in [3.05, 3.63) is 39.8 Å². The molecular formula is C16H19N5OS2. The number of aryl methyl sites for hydroxylation is 2. The second-order valence-corrected chi connectivity index (χ2v) is 7.13. The van der Waals surface area contributed by atoms with Crippen molar-refractivity contribution in [1.29, 1.82) is 0 Å². The van der Waals surface area contributed by atoms with Crippen LogP contribution in [0.1, 0.15) is 22.7 Å². The molecular weight excluding hydrogens is 342 g/mol. The Morgan fingerprint density at radius 1 is 1.29 bits per heavy atom. The minimum Gasteiger partial charge on any atom is -0.338 e. The molecule has 0 spiro atoms. The van der Waals surface area contributed by atoms with Crippen LogP contribution >= 0.6 is 23.1 Å². The standard InChI is InChI=1S/C16H19N5OS2/c1-11-10-23-15(18-11)4-3-7-17-16(22)21(2)9-12-5-6-13-14(8-12)20-24-19-13/h5-6,8,10H,3-4,7,9H2,1-2H3,(H,17,22). The van der Waals surface area contributed by atoms with Gasteiger partial charge in [0.15, 0.2) is 0 Å². The molecule has 1 aromatic carbocycles. The number of urea groups is 1. The quantitative estimate of drug-likeness (QED) is 0.684. The second kappa shape index (κ2) is 7.67. The number of amides is 2. The average Bonchev–Trinajstić information content (AvgIpc) is 3.19. The summed E-state index contributed by atoms with van der Waals surface area (Å²) in [6.07, 6.45) is 1.79. The number of fused-ring (bicyclic) bond motifs is 1. The molecule has 8 heteroatoms. The number of thiazole rings is 1. The van der Waals surface area contributed by atoms with Crippen LogP contribution in [0, 0.1) is 6.92 Å². The van der Waals surface area contributed by atoms with Crippen molar-refractivity contribution in [1.82, 2.24) is 23.9 Å². The normalized spacial score (nSPS) is 10.9. The molecule has 0 bridgehead atoms. The molecule has 0 saturated carbocycles. The van der Waals surface area contributed by atoms with Gasteiger partial charge in [-0.3, -0.25) is 0 Å². The molecule has 1 N–H and O–H groups in total. The predicted molar refractivity (Wildman–Crippen MR) is 97.5 cm³/mol. The average molecular weight is 361 g/mol. The van der Waals surface area contributed by atoms with Gasteiger partial charge in [0.2, 0.25) is 0 Å². The topological polar surface area (TPSA) is 71.0 Å². The van der Waals surface area contributed by atoms with Gasteiger partial charge in [0.05, 0.1) is 16.7 Å². The summed E-state index contributed by atoms with van der Waals surface area (Å²) in [7, 11) is 1.79. The van der Waals surface area contributed by atoms with Crippen LogP contribution in [0.15, 0.2) is 23.6 Å². The minimum absolute atomic E-state index is 0.0678. The SMILES string of the molecule is Cc1csc(CCCNC(=O)N(C)Cc2ccc3nsnc3c2)n1. The van der Waals surface area contributed by atoms with Crippen LogP contribution in [0.2, 0.25) is 0 Å². The van der Waals surface area contributed by atoms with Gasteiger partial charge in [-0.05, 0) is 31.0 Å². The summed E-state index contributed by atoms with van der Waals surface area (Å²) in [6, 6.07) is 5.84. The lowest BCUT2D eigenvalue weighted by Gasteiger charge is -2.18. The summed E-state index contributed by atoms with van der Waals surface area (Å²) in [5.74, 6) is 0. The highest BCUT2D eigenvalue weighted by Crippen LogP contribution is 2.15. The fourth-order valence-electron chi connectivity index (χ4n) is 2.36. The lowest BCUT2D eigenvalue weighted by Crippen LogP contribution is -2.37. The molecule has 0 radical (unpaired) electrons. The molecule has 0 aliphatic rings. The van der Waals surface area contributed by atoms with Crippen molar-refractivity contribution in [2.75, 3.05) is 13.6 Å². The molecule has 2 heterocycles. The van der Waals surface area contributed by atoms with E-state index in [0.29, 0.717) is 13.1 Å². The van der Waals surface area contributed by atoms with E-state index in [0.717, 1.165) is 40.1 Å². The van der Waals surface area contributed by atoms with Crippen LogP contribution in [0.25, 0.3) is 11.0 Å². The zero-order valence-corrected chi connectivity index (χ0v) is 15.3. The van der Waals surface area contributed by atoms with Crippen LogP contribution in [-0.2, 0) is 13.0 Å². The van der Waals surface area contributed by atoms with Gasteiger partial charge in [0.25, 0.3) is 0 Å². The van der Waals surface area contributed by atoms with Gasteiger partial charge in [-0.25, -0.2) is 9.78 Å². The molecule has 0 fully saturated rings. The number of hydrogen-bond acceptors (Lipinski definition) is 6. The number of aromatic nitrogens is 3. The Morgan fingerprint density at radius 3 is 2.92 bits per heavy atom. The molecule has 0 unspecified atom stereocenters. The third-order valence-corrected chi connectivity index (χ3v) is 5.18. The van der Waals surface area contributed by atoms with E-state index in [-0.39, 0.29) is 6.03 Å². The maximum absolute atomic E-state index is 12.2. The number of hydrogen-bond donors (Lipinski definition) is 1. The highest BCUT2D eigenvalue weighted by atomic mass is 32.1. The zero-order chi connectivity index (χ0) is 16.9. The molecule has 6 nitrogen and oxygen atoms in total. The molecule has 126 valence electrons. The molecule has 2 amide bonds.